The molecule has 1 amide bonds. The average Bonchev–Trinajstić information content (AvgIpc) is 3.04. The molecule has 0 saturated carbocycles. The predicted octanol–water partition coefficient (Wildman–Crippen LogP) is 9.94. The Balaban J connectivity index is 4.36. The highest BCUT2D eigenvalue weighted by Crippen LogP contribution is 2.38. The monoisotopic (exact) mass is 715 g/mol. The quantitative estimate of drug-likeness (QED) is 0.0290. The highest BCUT2D eigenvalue weighted by Gasteiger charge is 2.23. The van der Waals surface area contributed by atoms with Crippen LogP contribution in [0.3, 0.4) is 0 Å². The zero-order valence-corrected chi connectivity index (χ0v) is 33.5. The van der Waals surface area contributed by atoms with Crippen LogP contribution >= 0.6 is 7.82 Å². The summed E-state index contributed by atoms with van der Waals surface area (Å²) < 4.78 is 23.0. The second kappa shape index (κ2) is 32.9. The molecule has 3 atom stereocenters. The Morgan fingerprint density at radius 3 is 1.65 bits per heavy atom. The summed E-state index contributed by atoms with van der Waals surface area (Å²) in [6, 6.07) is -0.895. The molecule has 0 fully saturated rings. The van der Waals surface area contributed by atoms with Gasteiger partial charge in [0.1, 0.15) is 13.2 Å². The smallest absolute Gasteiger partial charge is 0.268 e. The molecule has 0 aromatic carbocycles. The third kappa shape index (κ3) is 35.2. The lowest BCUT2D eigenvalue weighted by atomic mass is 10.0. The minimum Gasteiger partial charge on any atom is -0.756 e. The first-order valence-corrected chi connectivity index (χ1v) is 21.7. The summed E-state index contributed by atoms with van der Waals surface area (Å²) in [5, 5.41) is 13.6. The number of hydrogen-bond donors (Lipinski definition) is 2. The maximum atomic E-state index is 12.8. The molecule has 0 aliphatic heterocycles. The molecule has 8 nitrogen and oxygen atoms in total. The van der Waals surface area contributed by atoms with E-state index in [9.17, 15) is 19.4 Å². The molecular formula is C40H79N2O6P. The zero-order chi connectivity index (χ0) is 36.5. The number of aliphatic hydroxyl groups is 1. The number of rotatable bonds is 36. The summed E-state index contributed by atoms with van der Waals surface area (Å²) >= 11 is 0. The van der Waals surface area contributed by atoms with Crippen molar-refractivity contribution >= 4 is 13.7 Å². The lowest BCUT2D eigenvalue weighted by Gasteiger charge is -2.29. The Labute approximate surface area is 303 Å². The van der Waals surface area contributed by atoms with Gasteiger partial charge in [0.2, 0.25) is 5.91 Å². The number of phosphoric ester groups is 1. The number of aliphatic hydroxyl groups excluding tert-OH is 1. The molecular weight excluding hydrogens is 635 g/mol. The molecule has 0 aromatic rings. The van der Waals surface area contributed by atoms with Crippen molar-refractivity contribution in [2.75, 3.05) is 40.9 Å². The SMILES string of the molecule is CCCCC/C=C/CC/C=C/[C@@H](O)[C@H](COP(=O)([O-])OCC[N+](C)(C)C)NC(=O)CCCCCCCCCCCCCCCCCCCC. The number of quaternary nitrogens is 1. The zero-order valence-electron chi connectivity index (χ0n) is 32.6. The molecule has 0 bridgehead atoms. The highest BCUT2D eigenvalue weighted by atomic mass is 31.2. The van der Waals surface area contributed by atoms with E-state index in [1.54, 1.807) is 6.08 Å². The van der Waals surface area contributed by atoms with Gasteiger partial charge < -0.3 is 28.8 Å². The molecule has 0 aliphatic carbocycles. The lowest BCUT2D eigenvalue weighted by Crippen LogP contribution is -2.45. The normalized spacial score (nSPS) is 14.8. The number of nitrogens with one attached hydrogen (secondary N) is 1. The Hall–Kier alpha value is -1.02. The van der Waals surface area contributed by atoms with Crippen LogP contribution in [0.15, 0.2) is 24.3 Å². The van der Waals surface area contributed by atoms with Crippen molar-refractivity contribution in [3.8, 4) is 0 Å². The molecule has 290 valence electrons. The fourth-order valence-corrected chi connectivity index (χ4v) is 6.36. The number of phosphoric acid groups is 1. The van der Waals surface area contributed by atoms with Crippen LogP contribution in [0.25, 0.3) is 0 Å². The minimum atomic E-state index is -4.58. The van der Waals surface area contributed by atoms with Crippen LogP contribution in [-0.4, -0.2) is 68.5 Å². The second-order valence-electron chi connectivity index (χ2n) is 15.0. The van der Waals surface area contributed by atoms with E-state index < -0.39 is 26.6 Å². The number of likely N-dealkylation sites (N-methyl/N-ethyl adjacent to an activating group) is 1. The molecule has 0 heterocycles. The Morgan fingerprint density at radius 1 is 0.694 bits per heavy atom. The molecule has 49 heavy (non-hydrogen) atoms. The van der Waals surface area contributed by atoms with Crippen LogP contribution < -0.4 is 10.2 Å². The summed E-state index contributed by atoms with van der Waals surface area (Å²) in [7, 11) is 1.24. The first-order valence-electron chi connectivity index (χ1n) is 20.2. The van der Waals surface area contributed by atoms with Gasteiger partial charge in [-0.05, 0) is 32.1 Å². The largest absolute Gasteiger partial charge is 0.756 e. The van der Waals surface area contributed by atoms with Gasteiger partial charge in [0.05, 0.1) is 39.9 Å². The van der Waals surface area contributed by atoms with Gasteiger partial charge in [0.15, 0.2) is 0 Å². The van der Waals surface area contributed by atoms with Gasteiger partial charge in [-0.2, -0.15) is 0 Å². The summed E-state index contributed by atoms with van der Waals surface area (Å²) in [4.78, 5) is 25.1. The Bertz CT molecular complexity index is 860. The fourth-order valence-electron chi connectivity index (χ4n) is 5.64. The van der Waals surface area contributed by atoms with Gasteiger partial charge in [0.25, 0.3) is 7.82 Å². The number of unbranched alkanes of at least 4 members (excludes halogenated alkanes) is 21. The topological polar surface area (TPSA) is 108 Å². The molecule has 0 aromatic heterocycles. The van der Waals surface area contributed by atoms with Gasteiger partial charge in [-0.25, -0.2) is 0 Å². The number of allylic oxidation sites excluding steroid dienone is 3. The number of carbonyl (C=O) groups excluding carboxylic acids is 1. The van der Waals surface area contributed by atoms with Crippen molar-refractivity contribution in [2.45, 2.75) is 187 Å². The number of nitrogens with zero attached hydrogens (tertiary/aromatic N) is 1. The van der Waals surface area contributed by atoms with E-state index in [0.29, 0.717) is 17.4 Å². The van der Waals surface area contributed by atoms with E-state index in [0.717, 1.165) is 38.5 Å². The van der Waals surface area contributed by atoms with Gasteiger partial charge in [-0.15, -0.1) is 0 Å². The predicted molar refractivity (Wildman–Crippen MR) is 205 cm³/mol. The Morgan fingerprint density at radius 2 is 1.14 bits per heavy atom. The molecule has 9 heteroatoms. The van der Waals surface area contributed by atoms with Crippen molar-refractivity contribution in [1.29, 1.82) is 0 Å². The maximum Gasteiger partial charge on any atom is 0.268 e. The average molecular weight is 715 g/mol. The van der Waals surface area contributed by atoms with Crippen molar-refractivity contribution in [1.82, 2.24) is 5.32 Å². The fraction of sp³-hybridized carbons (Fsp3) is 0.875. The van der Waals surface area contributed by atoms with Gasteiger partial charge >= 0.3 is 0 Å². The molecule has 1 unspecified atom stereocenters. The summed E-state index contributed by atoms with van der Waals surface area (Å²) in [5.41, 5.74) is 0. The first-order chi connectivity index (χ1) is 23.5. The van der Waals surface area contributed by atoms with Crippen molar-refractivity contribution < 1.29 is 32.9 Å². The van der Waals surface area contributed by atoms with E-state index in [2.05, 4.69) is 31.3 Å². The van der Waals surface area contributed by atoms with Gasteiger partial charge in [-0.1, -0.05) is 160 Å². The minimum absolute atomic E-state index is 0.00488. The van der Waals surface area contributed by atoms with Crippen molar-refractivity contribution in [3.05, 3.63) is 24.3 Å². The van der Waals surface area contributed by atoms with Crippen LogP contribution in [0.1, 0.15) is 174 Å². The molecule has 2 N–H and O–H groups in total. The van der Waals surface area contributed by atoms with Crippen molar-refractivity contribution in [3.63, 3.8) is 0 Å². The number of amides is 1. The van der Waals surface area contributed by atoms with E-state index in [4.69, 9.17) is 9.05 Å². The van der Waals surface area contributed by atoms with E-state index in [1.165, 1.54) is 116 Å². The lowest BCUT2D eigenvalue weighted by molar-refractivity contribution is -0.870. The van der Waals surface area contributed by atoms with Crippen LogP contribution in [-0.2, 0) is 18.4 Å². The molecule has 0 rings (SSSR count). The van der Waals surface area contributed by atoms with E-state index in [-0.39, 0.29) is 12.5 Å². The Kier molecular flexibility index (Phi) is 32.2. The second-order valence-corrected chi connectivity index (χ2v) is 16.4. The van der Waals surface area contributed by atoms with Crippen LogP contribution in [0.4, 0.5) is 0 Å². The van der Waals surface area contributed by atoms with Crippen LogP contribution in [0.2, 0.25) is 0 Å². The maximum absolute atomic E-state index is 12.8. The molecule has 0 aliphatic rings. The van der Waals surface area contributed by atoms with E-state index in [1.807, 2.05) is 27.2 Å². The standard InChI is InChI=1S/C40H79N2O6P/c1-6-8-10-12-14-16-17-18-19-20-21-22-23-24-26-28-30-32-34-40(44)41-38(37-48-49(45,46)47-36-35-42(3,4)5)39(43)33-31-29-27-25-15-13-11-9-7-2/h15,25,31,33,38-39,43H,6-14,16-24,26-30,32,34-37H2,1-5H3,(H-,41,44,45,46)/b25-15+,33-31+/t38-,39+/m0/s1. The van der Waals surface area contributed by atoms with E-state index >= 15 is 0 Å². The number of hydrogen-bond acceptors (Lipinski definition) is 6. The molecule has 0 radical (unpaired) electrons. The summed E-state index contributed by atoms with van der Waals surface area (Å²) in [5.74, 6) is -0.209. The highest BCUT2D eigenvalue weighted by molar-refractivity contribution is 7.45. The molecule has 0 spiro atoms. The third-order valence-electron chi connectivity index (χ3n) is 8.91. The first kappa shape index (κ1) is 48.0. The van der Waals surface area contributed by atoms with Crippen LogP contribution in [0.5, 0.6) is 0 Å². The van der Waals surface area contributed by atoms with Gasteiger partial charge in [-0.3, -0.25) is 9.36 Å². The number of carbonyl (C=O) groups is 1. The molecule has 0 saturated heterocycles. The summed E-state index contributed by atoms with van der Waals surface area (Å²) in [6.45, 7) is 4.56. The van der Waals surface area contributed by atoms with Crippen LogP contribution in [0, 0.1) is 0 Å². The third-order valence-corrected chi connectivity index (χ3v) is 9.88. The van der Waals surface area contributed by atoms with Crippen molar-refractivity contribution in [2.24, 2.45) is 0 Å². The van der Waals surface area contributed by atoms with Gasteiger partial charge in [0, 0.05) is 6.42 Å². The summed E-state index contributed by atoms with van der Waals surface area (Å²) in [6.07, 6.45) is 36.6.